The molecular weight excluding hydrogens is 320 g/mol. The van der Waals surface area contributed by atoms with Gasteiger partial charge in [-0.05, 0) is 0 Å². The van der Waals surface area contributed by atoms with E-state index in [2.05, 4.69) is 0 Å². The molecule has 1 aliphatic rings. The molecule has 1 unspecified atom stereocenters. The van der Waals surface area contributed by atoms with Crippen molar-refractivity contribution >= 4 is 6.29 Å². The highest BCUT2D eigenvalue weighted by molar-refractivity contribution is 5.56. The molecule has 0 aromatic rings. The second kappa shape index (κ2) is 8.94. The number of aliphatic hydroxyl groups excluding tert-OH is 8. The lowest BCUT2D eigenvalue weighted by Gasteiger charge is -2.40. The summed E-state index contributed by atoms with van der Waals surface area (Å²) in [5, 5.41) is 75.4. The van der Waals surface area contributed by atoms with E-state index in [0.29, 0.717) is 0 Å². The second-order valence-corrected chi connectivity index (χ2v) is 5.21. The molecule has 8 N–H and O–H groups in total. The number of carbonyl (C=O) groups is 1. The molecule has 0 aromatic heterocycles. The SMILES string of the molecule is O=C[C@H](O)[C@@H](O)[C@H](O)[C@H](O)COC1O[C@H](CO)[C@H](O)[C@H](O)[C@H]1O. The zero-order chi connectivity index (χ0) is 17.7. The van der Waals surface area contributed by atoms with Crippen LogP contribution in [0.3, 0.4) is 0 Å². The lowest BCUT2D eigenvalue weighted by Crippen LogP contribution is -2.59. The molecule has 1 rings (SSSR count). The third-order valence-corrected chi connectivity index (χ3v) is 3.51. The summed E-state index contributed by atoms with van der Waals surface area (Å²) in [6.45, 7) is -1.37. The monoisotopic (exact) mass is 342 g/mol. The van der Waals surface area contributed by atoms with Crippen molar-refractivity contribution in [2.24, 2.45) is 0 Å². The summed E-state index contributed by atoms with van der Waals surface area (Å²) in [4.78, 5) is 10.3. The molecular formula is C12H22O11. The van der Waals surface area contributed by atoms with Gasteiger partial charge in [0, 0.05) is 0 Å². The van der Waals surface area contributed by atoms with Crippen molar-refractivity contribution < 1.29 is 55.1 Å². The number of hydrogen-bond donors (Lipinski definition) is 8. The van der Waals surface area contributed by atoms with Crippen LogP contribution < -0.4 is 0 Å². The smallest absolute Gasteiger partial charge is 0.186 e. The maximum Gasteiger partial charge on any atom is 0.186 e. The summed E-state index contributed by atoms with van der Waals surface area (Å²) in [5.74, 6) is 0. The third-order valence-electron chi connectivity index (χ3n) is 3.51. The van der Waals surface area contributed by atoms with Gasteiger partial charge in [0.15, 0.2) is 12.6 Å². The highest BCUT2D eigenvalue weighted by atomic mass is 16.7. The van der Waals surface area contributed by atoms with Crippen LogP contribution in [-0.4, -0.2) is 115 Å². The first-order valence-electron chi connectivity index (χ1n) is 6.84. The predicted octanol–water partition coefficient (Wildman–Crippen LogP) is -5.55. The Morgan fingerprint density at radius 2 is 1.61 bits per heavy atom. The molecule has 9 atom stereocenters. The number of rotatable bonds is 8. The first-order chi connectivity index (χ1) is 10.7. The van der Waals surface area contributed by atoms with Gasteiger partial charge in [0.2, 0.25) is 0 Å². The summed E-state index contributed by atoms with van der Waals surface area (Å²) in [5.41, 5.74) is 0. The Morgan fingerprint density at radius 3 is 2.13 bits per heavy atom. The molecule has 1 saturated heterocycles. The van der Waals surface area contributed by atoms with E-state index >= 15 is 0 Å². The number of ether oxygens (including phenoxy) is 2. The van der Waals surface area contributed by atoms with Crippen molar-refractivity contribution in [3.05, 3.63) is 0 Å². The van der Waals surface area contributed by atoms with Crippen LogP contribution in [0.5, 0.6) is 0 Å². The van der Waals surface area contributed by atoms with Gasteiger partial charge in [-0.15, -0.1) is 0 Å². The normalized spacial score (nSPS) is 37.0. The maximum absolute atomic E-state index is 10.3. The minimum absolute atomic E-state index is 0.0287. The lowest BCUT2D eigenvalue weighted by atomic mass is 9.99. The van der Waals surface area contributed by atoms with E-state index in [0.717, 1.165) is 0 Å². The first-order valence-corrected chi connectivity index (χ1v) is 6.84. The molecule has 11 heteroatoms. The molecule has 0 saturated carbocycles. The van der Waals surface area contributed by atoms with Crippen LogP contribution in [0.1, 0.15) is 0 Å². The molecule has 0 radical (unpaired) electrons. The third kappa shape index (κ3) is 4.87. The summed E-state index contributed by atoms with van der Waals surface area (Å²) < 4.78 is 9.94. The highest BCUT2D eigenvalue weighted by Gasteiger charge is 2.44. The number of aldehydes is 1. The summed E-state index contributed by atoms with van der Waals surface area (Å²) >= 11 is 0. The van der Waals surface area contributed by atoms with Crippen molar-refractivity contribution in [2.45, 2.75) is 55.1 Å². The van der Waals surface area contributed by atoms with Crippen LogP contribution >= 0.6 is 0 Å². The second-order valence-electron chi connectivity index (χ2n) is 5.21. The number of hydrogen-bond acceptors (Lipinski definition) is 11. The van der Waals surface area contributed by atoms with Crippen molar-refractivity contribution in [1.29, 1.82) is 0 Å². The number of carbonyl (C=O) groups excluding carboxylic acids is 1. The fourth-order valence-corrected chi connectivity index (χ4v) is 2.01. The van der Waals surface area contributed by atoms with Crippen LogP contribution in [0.4, 0.5) is 0 Å². The Labute approximate surface area is 130 Å². The summed E-state index contributed by atoms with van der Waals surface area (Å²) in [6, 6.07) is 0. The predicted molar refractivity (Wildman–Crippen MR) is 69.8 cm³/mol. The van der Waals surface area contributed by atoms with Crippen LogP contribution in [0.2, 0.25) is 0 Å². The first kappa shape index (κ1) is 20.3. The van der Waals surface area contributed by atoms with E-state index in [1.54, 1.807) is 0 Å². The Morgan fingerprint density at radius 1 is 1.00 bits per heavy atom. The average molecular weight is 342 g/mol. The van der Waals surface area contributed by atoms with E-state index in [-0.39, 0.29) is 6.29 Å². The Hall–Kier alpha value is -0.730. The molecule has 0 spiro atoms. The van der Waals surface area contributed by atoms with Crippen molar-refractivity contribution in [2.75, 3.05) is 13.2 Å². The Bertz CT molecular complexity index is 365. The largest absolute Gasteiger partial charge is 0.394 e. The summed E-state index contributed by atoms with van der Waals surface area (Å²) in [6.07, 6.45) is -15.3. The number of aliphatic hydroxyl groups is 8. The fraction of sp³-hybridized carbons (Fsp3) is 0.917. The van der Waals surface area contributed by atoms with Gasteiger partial charge in [0.05, 0.1) is 13.2 Å². The van der Waals surface area contributed by atoms with Crippen LogP contribution in [0.15, 0.2) is 0 Å². The molecule has 0 aliphatic carbocycles. The van der Waals surface area contributed by atoms with Gasteiger partial charge < -0.3 is 55.1 Å². The van der Waals surface area contributed by atoms with Gasteiger partial charge in [0.25, 0.3) is 0 Å². The minimum Gasteiger partial charge on any atom is -0.394 e. The van der Waals surface area contributed by atoms with Crippen molar-refractivity contribution in [3.63, 3.8) is 0 Å². The van der Waals surface area contributed by atoms with Crippen LogP contribution in [0, 0.1) is 0 Å². The standard InChI is InChI=1S/C12H22O11/c13-1-4(15)7(17)8(18)5(16)3-22-12-11(21)10(20)9(19)6(2-14)23-12/h1,4-12,14-21H,2-3H2/t4-,5+,6+,7+,8+,9-,10-,11+,12?/m0/s1. The van der Waals surface area contributed by atoms with Crippen LogP contribution in [-0.2, 0) is 14.3 Å². The quantitative estimate of drug-likeness (QED) is 0.196. The fourth-order valence-electron chi connectivity index (χ4n) is 2.01. The lowest BCUT2D eigenvalue weighted by molar-refractivity contribution is -0.306. The molecule has 136 valence electrons. The zero-order valence-corrected chi connectivity index (χ0v) is 12.0. The van der Waals surface area contributed by atoms with Gasteiger partial charge in [0.1, 0.15) is 48.8 Å². The van der Waals surface area contributed by atoms with E-state index in [4.69, 9.17) is 19.7 Å². The van der Waals surface area contributed by atoms with Gasteiger partial charge in [-0.25, -0.2) is 0 Å². The average Bonchev–Trinajstić information content (AvgIpc) is 2.56. The van der Waals surface area contributed by atoms with Gasteiger partial charge in [-0.1, -0.05) is 0 Å². The Balaban J connectivity index is 2.57. The highest BCUT2D eigenvalue weighted by Crippen LogP contribution is 2.22. The van der Waals surface area contributed by atoms with E-state index in [1.165, 1.54) is 0 Å². The minimum atomic E-state index is -1.96. The summed E-state index contributed by atoms with van der Waals surface area (Å²) in [7, 11) is 0. The van der Waals surface area contributed by atoms with Crippen molar-refractivity contribution in [1.82, 2.24) is 0 Å². The van der Waals surface area contributed by atoms with Crippen LogP contribution in [0.25, 0.3) is 0 Å². The zero-order valence-electron chi connectivity index (χ0n) is 12.0. The van der Waals surface area contributed by atoms with E-state index in [9.17, 15) is 35.4 Å². The van der Waals surface area contributed by atoms with Crippen molar-refractivity contribution in [3.8, 4) is 0 Å². The topological polar surface area (TPSA) is 197 Å². The molecule has 23 heavy (non-hydrogen) atoms. The van der Waals surface area contributed by atoms with Gasteiger partial charge in [-0.2, -0.15) is 0 Å². The molecule has 11 nitrogen and oxygen atoms in total. The van der Waals surface area contributed by atoms with E-state index < -0.39 is 68.3 Å². The van der Waals surface area contributed by atoms with Gasteiger partial charge >= 0.3 is 0 Å². The molecule has 0 aromatic carbocycles. The molecule has 1 heterocycles. The molecule has 0 amide bonds. The molecule has 1 fully saturated rings. The Kier molecular flexibility index (Phi) is 7.89. The van der Waals surface area contributed by atoms with Gasteiger partial charge in [-0.3, -0.25) is 0 Å². The molecule has 0 bridgehead atoms. The maximum atomic E-state index is 10.3. The van der Waals surface area contributed by atoms with E-state index in [1.807, 2.05) is 0 Å². The molecule has 1 aliphatic heterocycles.